The summed E-state index contributed by atoms with van der Waals surface area (Å²) in [5, 5.41) is 0.409. The molecule has 0 N–H and O–H groups in total. The van der Waals surface area contributed by atoms with Gasteiger partial charge in [-0.25, -0.2) is 4.39 Å². The van der Waals surface area contributed by atoms with Crippen LogP contribution in [0.4, 0.5) is 4.39 Å². The van der Waals surface area contributed by atoms with Crippen molar-refractivity contribution in [1.29, 1.82) is 0 Å². The summed E-state index contributed by atoms with van der Waals surface area (Å²) in [4.78, 5) is 14.7. The molecule has 126 valence electrons. The van der Waals surface area contributed by atoms with Crippen LogP contribution in [-0.2, 0) is 4.74 Å². The smallest absolute Gasteiger partial charge is 0.255 e. The van der Waals surface area contributed by atoms with Crippen LogP contribution in [0.25, 0.3) is 0 Å². The Kier molecular flexibility index (Phi) is 4.61. The Morgan fingerprint density at radius 1 is 1.21 bits per heavy atom. The highest BCUT2D eigenvalue weighted by Crippen LogP contribution is 2.33. The molecule has 1 amide bonds. The molecular weight excluding hydrogens is 329 g/mol. The summed E-state index contributed by atoms with van der Waals surface area (Å²) in [6.07, 6.45) is -0.495. The van der Waals surface area contributed by atoms with Gasteiger partial charge in [0.05, 0.1) is 29.3 Å². The lowest BCUT2D eigenvalue weighted by molar-refractivity contribution is -0.0857. The zero-order valence-corrected chi connectivity index (χ0v) is 14.4. The van der Waals surface area contributed by atoms with Crippen molar-refractivity contribution in [2.24, 2.45) is 0 Å². The second kappa shape index (κ2) is 6.54. The first-order valence-electron chi connectivity index (χ1n) is 7.83. The zero-order chi connectivity index (χ0) is 17.3. The van der Waals surface area contributed by atoms with Crippen molar-refractivity contribution < 1.29 is 13.9 Å². The lowest BCUT2D eigenvalue weighted by Crippen LogP contribution is -2.56. The van der Waals surface area contributed by atoms with Gasteiger partial charge in [-0.2, -0.15) is 0 Å². The maximum atomic E-state index is 14.1. The van der Waals surface area contributed by atoms with Crippen molar-refractivity contribution in [3.63, 3.8) is 0 Å². The molecule has 0 aromatic heterocycles. The maximum absolute atomic E-state index is 14.1. The van der Waals surface area contributed by atoms with Gasteiger partial charge in [-0.3, -0.25) is 4.79 Å². The Balaban J connectivity index is 1.91. The molecule has 2 aromatic rings. The van der Waals surface area contributed by atoms with Crippen LogP contribution >= 0.6 is 11.6 Å². The highest BCUT2D eigenvalue weighted by Gasteiger charge is 2.39. The van der Waals surface area contributed by atoms with E-state index in [0.717, 1.165) is 0 Å². The predicted octanol–water partition coefficient (Wildman–Crippen LogP) is 4.47. The van der Waals surface area contributed by atoms with Crippen molar-refractivity contribution in [1.82, 2.24) is 4.90 Å². The molecule has 1 saturated heterocycles. The molecule has 24 heavy (non-hydrogen) atoms. The molecule has 2 aromatic carbocycles. The molecule has 0 radical (unpaired) electrons. The van der Waals surface area contributed by atoms with E-state index in [-0.39, 0.29) is 18.3 Å². The number of rotatable bonds is 2. The van der Waals surface area contributed by atoms with Crippen LogP contribution in [0, 0.1) is 5.82 Å². The molecule has 1 aliphatic rings. The molecule has 5 heteroatoms. The summed E-state index contributed by atoms with van der Waals surface area (Å²) in [6.45, 7) is 4.46. The predicted molar refractivity (Wildman–Crippen MR) is 91.7 cm³/mol. The molecule has 1 unspecified atom stereocenters. The van der Waals surface area contributed by atoms with Crippen LogP contribution in [0.5, 0.6) is 0 Å². The molecule has 0 saturated carbocycles. The number of carbonyl (C=O) groups excluding carboxylic acids is 1. The molecule has 1 aliphatic heterocycles. The number of hydrogen-bond donors (Lipinski definition) is 0. The molecule has 1 fully saturated rings. The minimum absolute atomic E-state index is 0.171. The maximum Gasteiger partial charge on any atom is 0.255 e. The Bertz CT molecular complexity index is 763. The van der Waals surface area contributed by atoms with Crippen LogP contribution in [0.3, 0.4) is 0 Å². The van der Waals surface area contributed by atoms with Crippen LogP contribution in [0.1, 0.15) is 35.9 Å². The minimum atomic E-state index is -0.502. The van der Waals surface area contributed by atoms with E-state index >= 15 is 0 Å². The molecule has 1 atom stereocenters. The van der Waals surface area contributed by atoms with E-state index in [4.69, 9.17) is 16.3 Å². The first-order chi connectivity index (χ1) is 11.4. The minimum Gasteiger partial charge on any atom is -0.369 e. The van der Waals surface area contributed by atoms with Gasteiger partial charge in [-0.05, 0) is 32.0 Å². The number of morpholine rings is 1. The number of carbonyl (C=O) groups is 1. The number of ether oxygens (including phenoxy) is 1. The number of amides is 1. The third-order valence-corrected chi connectivity index (χ3v) is 4.65. The summed E-state index contributed by atoms with van der Waals surface area (Å²) in [5.41, 5.74) is 0.407. The average Bonchev–Trinajstić information content (AvgIpc) is 2.55. The highest BCUT2D eigenvalue weighted by molar-refractivity contribution is 6.33. The Morgan fingerprint density at radius 2 is 1.88 bits per heavy atom. The second-order valence-corrected chi connectivity index (χ2v) is 6.94. The quantitative estimate of drug-likeness (QED) is 0.802. The third-order valence-electron chi connectivity index (χ3n) is 4.32. The van der Waals surface area contributed by atoms with Crippen LogP contribution in [-0.4, -0.2) is 29.5 Å². The lowest BCUT2D eigenvalue weighted by atomic mass is 9.96. The largest absolute Gasteiger partial charge is 0.369 e. The van der Waals surface area contributed by atoms with Gasteiger partial charge in [0, 0.05) is 5.56 Å². The molecular formula is C19H19ClFNO2. The molecule has 3 nitrogen and oxygen atoms in total. The summed E-state index contributed by atoms with van der Waals surface area (Å²) in [6, 6.07) is 13.5. The highest BCUT2D eigenvalue weighted by atomic mass is 35.5. The van der Waals surface area contributed by atoms with Gasteiger partial charge >= 0.3 is 0 Å². The first-order valence-corrected chi connectivity index (χ1v) is 8.20. The summed E-state index contributed by atoms with van der Waals surface area (Å²) in [7, 11) is 0. The molecule has 1 heterocycles. The van der Waals surface area contributed by atoms with Crippen LogP contribution < -0.4 is 0 Å². The number of halogens is 2. The summed E-state index contributed by atoms with van der Waals surface area (Å²) >= 11 is 6.17. The molecule has 0 spiro atoms. The van der Waals surface area contributed by atoms with Gasteiger partial charge < -0.3 is 9.64 Å². The van der Waals surface area contributed by atoms with Gasteiger partial charge in [0.1, 0.15) is 11.9 Å². The number of hydrogen-bond acceptors (Lipinski definition) is 2. The topological polar surface area (TPSA) is 29.5 Å². The van der Waals surface area contributed by atoms with Gasteiger partial charge in [-0.1, -0.05) is 41.9 Å². The zero-order valence-electron chi connectivity index (χ0n) is 13.6. The molecule has 0 bridgehead atoms. The monoisotopic (exact) mass is 347 g/mol. The van der Waals surface area contributed by atoms with Crippen molar-refractivity contribution in [2.75, 3.05) is 13.2 Å². The van der Waals surface area contributed by atoms with Crippen LogP contribution in [0.15, 0.2) is 48.5 Å². The van der Waals surface area contributed by atoms with E-state index in [0.29, 0.717) is 22.8 Å². The average molecular weight is 348 g/mol. The Labute approximate surface area is 146 Å². The van der Waals surface area contributed by atoms with Gasteiger partial charge in [0.25, 0.3) is 5.91 Å². The fourth-order valence-corrected chi connectivity index (χ4v) is 3.13. The second-order valence-electron chi connectivity index (χ2n) is 6.53. The van der Waals surface area contributed by atoms with E-state index < -0.39 is 11.6 Å². The van der Waals surface area contributed by atoms with E-state index in [1.165, 1.54) is 6.07 Å². The van der Waals surface area contributed by atoms with E-state index in [9.17, 15) is 9.18 Å². The van der Waals surface area contributed by atoms with Gasteiger partial charge in [0.2, 0.25) is 0 Å². The van der Waals surface area contributed by atoms with E-state index in [1.54, 1.807) is 47.4 Å². The van der Waals surface area contributed by atoms with Crippen molar-refractivity contribution in [2.45, 2.75) is 25.5 Å². The first kappa shape index (κ1) is 16.9. The normalized spacial score (nSPS) is 20.0. The molecule has 0 aliphatic carbocycles. The standard InChI is InChI=1S/C19H19ClFNO2/c1-19(2)12-24-17(14-8-4-6-10-16(14)21)11-22(19)18(23)13-7-3-5-9-15(13)20/h3-10,17H,11-12H2,1-2H3. The van der Waals surface area contributed by atoms with Gasteiger partial charge in [0.15, 0.2) is 0 Å². The van der Waals surface area contributed by atoms with Crippen LogP contribution in [0.2, 0.25) is 5.02 Å². The Morgan fingerprint density at radius 3 is 2.58 bits per heavy atom. The lowest BCUT2D eigenvalue weighted by Gasteiger charge is -2.45. The van der Waals surface area contributed by atoms with Crippen molar-refractivity contribution in [3.8, 4) is 0 Å². The Hall–Kier alpha value is -1.91. The summed E-state index contributed by atoms with van der Waals surface area (Å²) < 4.78 is 19.9. The SMILES string of the molecule is CC1(C)COC(c2ccccc2F)CN1C(=O)c1ccccc1Cl. The van der Waals surface area contributed by atoms with E-state index in [2.05, 4.69) is 0 Å². The fourth-order valence-electron chi connectivity index (χ4n) is 2.91. The summed E-state index contributed by atoms with van der Waals surface area (Å²) in [5.74, 6) is -0.498. The fraction of sp³-hybridized carbons (Fsp3) is 0.316. The van der Waals surface area contributed by atoms with Gasteiger partial charge in [-0.15, -0.1) is 0 Å². The van der Waals surface area contributed by atoms with Crippen molar-refractivity contribution in [3.05, 3.63) is 70.5 Å². The van der Waals surface area contributed by atoms with E-state index in [1.807, 2.05) is 13.8 Å². The third kappa shape index (κ3) is 3.17. The molecule has 3 rings (SSSR count). The van der Waals surface area contributed by atoms with Crippen molar-refractivity contribution >= 4 is 17.5 Å². The number of nitrogens with zero attached hydrogens (tertiary/aromatic N) is 1. The number of benzene rings is 2.